The van der Waals surface area contributed by atoms with E-state index in [2.05, 4.69) is 0 Å². The van der Waals surface area contributed by atoms with E-state index in [0.717, 1.165) is 12.1 Å². The summed E-state index contributed by atoms with van der Waals surface area (Å²) in [5, 5.41) is 20.0. The Kier molecular flexibility index (Phi) is 5.24. The Bertz CT molecular complexity index is 688. The molecule has 1 saturated carbocycles. The van der Waals surface area contributed by atoms with Crippen molar-refractivity contribution in [1.82, 2.24) is 0 Å². The maximum atomic E-state index is 12.7. The first kappa shape index (κ1) is 18.7. The van der Waals surface area contributed by atoms with Gasteiger partial charge in [0.05, 0.1) is 18.1 Å². The number of hydrogen-bond donors (Lipinski definition) is 2. The van der Waals surface area contributed by atoms with E-state index in [0.29, 0.717) is 6.42 Å². The van der Waals surface area contributed by atoms with Crippen LogP contribution in [0, 0.1) is 11.8 Å². The molecule has 0 radical (unpaired) electrons. The van der Waals surface area contributed by atoms with E-state index in [4.69, 9.17) is 9.47 Å². The zero-order chi connectivity index (χ0) is 18.9. The summed E-state index contributed by atoms with van der Waals surface area (Å²) >= 11 is 0. The molecule has 1 unspecified atom stereocenters. The fourth-order valence-corrected chi connectivity index (χ4v) is 3.44. The van der Waals surface area contributed by atoms with Gasteiger partial charge in [0, 0.05) is 18.3 Å². The molecule has 2 fully saturated rings. The van der Waals surface area contributed by atoms with Gasteiger partial charge in [-0.05, 0) is 18.2 Å². The van der Waals surface area contributed by atoms with Gasteiger partial charge in [0.2, 0.25) is 0 Å². The van der Waals surface area contributed by atoms with E-state index < -0.39 is 23.9 Å². The molecule has 8 heteroatoms. The Hall–Kier alpha value is -2.06. The van der Waals surface area contributed by atoms with Gasteiger partial charge in [-0.2, -0.15) is 13.2 Å². The molecular formula is C18H19F3O5. The molecule has 142 valence electrons. The third kappa shape index (κ3) is 4.19. The maximum Gasteiger partial charge on any atom is 0.416 e. The van der Waals surface area contributed by atoms with Crippen LogP contribution in [0.1, 0.15) is 18.4 Å². The molecule has 5 atom stereocenters. The van der Waals surface area contributed by atoms with Crippen LogP contribution in [0.4, 0.5) is 13.2 Å². The molecule has 2 aliphatic rings. The molecule has 1 aromatic rings. The first-order valence-corrected chi connectivity index (χ1v) is 8.28. The summed E-state index contributed by atoms with van der Waals surface area (Å²) < 4.78 is 48.3. The van der Waals surface area contributed by atoms with Crippen molar-refractivity contribution >= 4 is 5.97 Å². The second-order valence-corrected chi connectivity index (χ2v) is 6.57. The number of benzene rings is 1. The second-order valence-electron chi connectivity index (χ2n) is 6.57. The van der Waals surface area contributed by atoms with Crippen molar-refractivity contribution in [1.29, 1.82) is 0 Å². The van der Waals surface area contributed by atoms with Crippen LogP contribution in [0.25, 0.3) is 0 Å². The molecule has 1 aromatic carbocycles. The third-order valence-corrected chi connectivity index (χ3v) is 4.71. The van der Waals surface area contributed by atoms with E-state index in [1.54, 1.807) is 6.08 Å². The van der Waals surface area contributed by atoms with Gasteiger partial charge >= 0.3 is 12.1 Å². The van der Waals surface area contributed by atoms with E-state index in [1.165, 1.54) is 18.2 Å². The molecular weight excluding hydrogens is 353 g/mol. The summed E-state index contributed by atoms with van der Waals surface area (Å²) in [5.74, 6) is -0.721. The normalized spacial score (nSPS) is 29.7. The van der Waals surface area contributed by atoms with Gasteiger partial charge in [0.15, 0.2) is 0 Å². The molecule has 1 saturated heterocycles. The van der Waals surface area contributed by atoms with Crippen molar-refractivity contribution < 1.29 is 37.7 Å². The molecule has 0 spiro atoms. The van der Waals surface area contributed by atoms with Crippen LogP contribution < -0.4 is 4.74 Å². The number of fused-ring (bicyclic) bond motifs is 1. The van der Waals surface area contributed by atoms with E-state index >= 15 is 0 Å². The monoisotopic (exact) mass is 372 g/mol. The molecule has 1 heterocycles. The zero-order valence-electron chi connectivity index (χ0n) is 13.7. The summed E-state index contributed by atoms with van der Waals surface area (Å²) in [6, 6.07) is 4.40. The van der Waals surface area contributed by atoms with Gasteiger partial charge in [0.25, 0.3) is 0 Å². The number of carbonyl (C=O) groups excluding carboxylic acids is 1. The van der Waals surface area contributed by atoms with Crippen LogP contribution in [-0.2, 0) is 15.7 Å². The number of hydrogen-bond acceptors (Lipinski definition) is 5. The van der Waals surface area contributed by atoms with Crippen molar-refractivity contribution in [2.75, 3.05) is 6.61 Å². The molecule has 0 bridgehead atoms. The minimum absolute atomic E-state index is 0.00281. The first-order valence-electron chi connectivity index (χ1n) is 8.28. The molecule has 0 amide bonds. The molecule has 1 aliphatic carbocycles. The number of carbonyl (C=O) groups is 1. The SMILES string of the molecule is O=C1C[C@H]2C(C[C@@H](O)[C@@H]2/C=C/[C@@H](O)COc2cccc(C(F)(F)F)c2)O1. The lowest BCUT2D eigenvalue weighted by Crippen LogP contribution is -2.20. The minimum atomic E-state index is -4.46. The smallest absolute Gasteiger partial charge is 0.416 e. The van der Waals surface area contributed by atoms with Crippen LogP contribution in [0.2, 0.25) is 0 Å². The van der Waals surface area contributed by atoms with Crippen LogP contribution in [0.5, 0.6) is 5.75 Å². The summed E-state index contributed by atoms with van der Waals surface area (Å²) in [6.45, 7) is -0.232. The van der Waals surface area contributed by atoms with Crippen molar-refractivity contribution in [3.8, 4) is 5.75 Å². The highest BCUT2D eigenvalue weighted by Crippen LogP contribution is 2.42. The van der Waals surface area contributed by atoms with Crippen LogP contribution in [-0.4, -0.2) is 41.1 Å². The Morgan fingerprint density at radius 3 is 2.88 bits per heavy atom. The summed E-state index contributed by atoms with van der Waals surface area (Å²) in [4.78, 5) is 11.3. The minimum Gasteiger partial charge on any atom is -0.491 e. The van der Waals surface area contributed by atoms with Crippen LogP contribution in [0.15, 0.2) is 36.4 Å². The second kappa shape index (κ2) is 7.28. The number of rotatable bonds is 5. The first-order chi connectivity index (χ1) is 12.2. The predicted octanol–water partition coefficient (Wildman–Crippen LogP) is 2.31. The van der Waals surface area contributed by atoms with Gasteiger partial charge in [-0.3, -0.25) is 4.79 Å². The average molecular weight is 372 g/mol. The van der Waals surface area contributed by atoms with Crippen molar-refractivity contribution in [2.24, 2.45) is 11.8 Å². The van der Waals surface area contributed by atoms with E-state index in [9.17, 15) is 28.2 Å². The predicted molar refractivity (Wildman–Crippen MR) is 84.2 cm³/mol. The summed E-state index contributed by atoms with van der Waals surface area (Å²) in [7, 11) is 0. The molecule has 2 N–H and O–H groups in total. The summed E-state index contributed by atoms with van der Waals surface area (Å²) in [6.07, 6.45) is -2.85. The fraction of sp³-hybridized carbons (Fsp3) is 0.500. The number of halogens is 3. The molecule has 3 rings (SSSR count). The number of aliphatic hydroxyl groups excluding tert-OH is 2. The molecule has 26 heavy (non-hydrogen) atoms. The standard InChI is InChI=1S/C18H19F3O5/c19-18(20,21)10-2-1-3-12(6-10)25-9-11(22)4-5-13-14-7-17(24)26-16(14)8-15(13)23/h1-6,11,13-16,22-23H,7-9H2/b5-4+/t11-,13-,14-,15-,16?/m1/s1. The van der Waals surface area contributed by atoms with Crippen LogP contribution >= 0.6 is 0 Å². The number of alkyl halides is 3. The van der Waals surface area contributed by atoms with Crippen LogP contribution in [0.3, 0.4) is 0 Å². The molecule has 1 aliphatic heterocycles. The summed E-state index contributed by atoms with van der Waals surface area (Å²) in [5.41, 5.74) is -0.828. The van der Waals surface area contributed by atoms with E-state index in [-0.39, 0.29) is 42.7 Å². The zero-order valence-corrected chi connectivity index (χ0v) is 13.7. The fourth-order valence-electron chi connectivity index (χ4n) is 3.44. The lowest BCUT2D eigenvalue weighted by Gasteiger charge is -2.16. The van der Waals surface area contributed by atoms with Crippen molar-refractivity contribution in [2.45, 2.75) is 37.3 Å². The van der Waals surface area contributed by atoms with Gasteiger partial charge in [0.1, 0.15) is 24.6 Å². The lowest BCUT2D eigenvalue weighted by molar-refractivity contribution is -0.142. The number of esters is 1. The quantitative estimate of drug-likeness (QED) is 0.613. The highest BCUT2D eigenvalue weighted by atomic mass is 19.4. The van der Waals surface area contributed by atoms with Gasteiger partial charge in [-0.1, -0.05) is 18.2 Å². The Morgan fingerprint density at radius 1 is 1.38 bits per heavy atom. The highest BCUT2D eigenvalue weighted by Gasteiger charge is 2.48. The number of ether oxygens (including phenoxy) is 2. The highest BCUT2D eigenvalue weighted by molar-refractivity contribution is 5.72. The molecule has 0 aromatic heterocycles. The van der Waals surface area contributed by atoms with Gasteiger partial charge in [-0.15, -0.1) is 0 Å². The average Bonchev–Trinajstić information content (AvgIpc) is 3.05. The van der Waals surface area contributed by atoms with E-state index in [1.807, 2.05) is 0 Å². The number of aliphatic hydroxyl groups is 2. The van der Waals surface area contributed by atoms with Gasteiger partial charge < -0.3 is 19.7 Å². The van der Waals surface area contributed by atoms with Crippen molar-refractivity contribution in [3.63, 3.8) is 0 Å². The van der Waals surface area contributed by atoms with Gasteiger partial charge in [-0.25, -0.2) is 0 Å². The Labute approximate surface area is 148 Å². The lowest BCUT2D eigenvalue weighted by atomic mass is 9.91. The van der Waals surface area contributed by atoms with Crippen molar-refractivity contribution in [3.05, 3.63) is 42.0 Å². The largest absolute Gasteiger partial charge is 0.491 e. The third-order valence-electron chi connectivity index (χ3n) is 4.71. The maximum absolute atomic E-state index is 12.7. The Morgan fingerprint density at radius 2 is 2.15 bits per heavy atom. The molecule has 5 nitrogen and oxygen atoms in total. The Balaban J connectivity index is 1.55. The topological polar surface area (TPSA) is 76.0 Å².